The lowest BCUT2D eigenvalue weighted by molar-refractivity contribution is 0.0735. The first-order valence-electron chi connectivity index (χ1n) is 12.7. The molecule has 36 heavy (non-hydrogen) atoms. The van der Waals surface area contributed by atoms with Gasteiger partial charge < -0.3 is 9.32 Å². The number of thiazole rings is 1. The average Bonchev–Trinajstić information content (AvgIpc) is 3.25. The molecule has 1 unspecified atom stereocenters. The lowest BCUT2D eigenvalue weighted by Gasteiger charge is -2.23. The molecule has 6 rings (SSSR count). The number of carbonyl (C=O) groups excluding carboxylic acids is 1. The SMILES string of the molecule is Cc1csc([C@H]2CCCN2C(=O)c2cc(-c3nnc(C(C)Cc4ccccc4)o3)nc(C3CC3)c2)n1. The van der Waals surface area contributed by atoms with Crippen LogP contribution in [0, 0.1) is 6.92 Å². The van der Waals surface area contributed by atoms with Crippen LogP contribution in [-0.2, 0) is 6.42 Å². The predicted molar refractivity (Wildman–Crippen MR) is 138 cm³/mol. The summed E-state index contributed by atoms with van der Waals surface area (Å²) in [5.41, 5.74) is 4.38. The Morgan fingerprint density at radius 3 is 2.72 bits per heavy atom. The van der Waals surface area contributed by atoms with Crippen LogP contribution in [0.4, 0.5) is 0 Å². The lowest BCUT2D eigenvalue weighted by atomic mass is 10.0. The first-order chi connectivity index (χ1) is 17.5. The van der Waals surface area contributed by atoms with E-state index in [9.17, 15) is 4.79 Å². The maximum Gasteiger partial charge on any atom is 0.266 e. The van der Waals surface area contributed by atoms with Gasteiger partial charge in [0.1, 0.15) is 10.7 Å². The van der Waals surface area contributed by atoms with Crippen LogP contribution in [-0.4, -0.2) is 37.5 Å². The highest BCUT2D eigenvalue weighted by Gasteiger charge is 2.34. The van der Waals surface area contributed by atoms with Crippen molar-refractivity contribution in [3.05, 3.63) is 81.3 Å². The topological polar surface area (TPSA) is 85.0 Å². The summed E-state index contributed by atoms with van der Waals surface area (Å²) in [6, 6.07) is 14.1. The number of likely N-dealkylation sites (tertiary alicyclic amines) is 1. The molecule has 1 saturated heterocycles. The lowest BCUT2D eigenvalue weighted by Crippen LogP contribution is -2.30. The maximum atomic E-state index is 13.7. The summed E-state index contributed by atoms with van der Waals surface area (Å²) in [4.78, 5) is 25.2. The summed E-state index contributed by atoms with van der Waals surface area (Å²) < 4.78 is 6.09. The normalized spacial score (nSPS) is 18.5. The van der Waals surface area contributed by atoms with Gasteiger partial charge >= 0.3 is 0 Å². The Hall–Kier alpha value is -3.39. The van der Waals surface area contributed by atoms with Crippen LogP contribution in [0.2, 0.25) is 0 Å². The molecule has 0 spiro atoms. The zero-order valence-electron chi connectivity index (χ0n) is 20.6. The van der Waals surface area contributed by atoms with Crippen LogP contribution in [0.3, 0.4) is 0 Å². The number of aryl methyl sites for hydroxylation is 1. The summed E-state index contributed by atoms with van der Waals surface area (Å²) in [6.07, 6.45) is 4.93. The molecule has 4 heterocycles. The van der Waals surface area contributed by atoms with Crippen molar-refractivity contribution in [2.75, 3.05) is 6.54 Å². The number of carbonyl (C=O) groups is 1. The second-order valence-electron chi connectivity index (χ2n) is 9.96. The second kappa shape index (κ2) is 9.58. The van der Waals surface area contributed by atoms with E-state index in [0.717, 1.165) is 55.0 Å². The van der Waals surface area contributed by atoms with Crippen LogP contribution in [0.15, 0.2) is 52.3 Å². The summed E-state index contributed by atoms with van der Waals surface area (Å²) in [5.74, 6) is 1.45. The van der Waals surface area contributed by atoms with Gasteiger partial charge in [0.2, 0.25) is 5.89 Å². The standard InChI is InChI=1S/C28H29N5O2S/c1-17(13-19-7-4-3-5-8-19)25-31-32-26(35-25)23-15-21(14-22(30-23)20-10-11-20)28(34)33-12-6-9-24(33)27-29-18(2)16-36-27/h3-5,7-8,14-17,20,24H,6,9-13H2,1-2H3/t17?,24-/m1/s1. The molecule has 1 aliphatic heterocycles. The fraction of sp³-hybridized carbons (Fsp3) is 0.393. The largest absolute Gasteiger partial charge is 0.419 e. The van der Waals surface area contributed by atoms with E-state index in [1.54, 1.807) is 11.3 Å². The van der Waals surface area contributed by atoms with Gasteiger partial charge in [-0.15, -0.1) is 21.5 Å². The quantitative estimate of drug-likeness (QED) is 0.306. The Balaban J connectivity index is 1.28. The molecule has 0 radical (unpaired) electrons. The van der Waals surface area contributed by atoms with Crippen LogP contribution >= 0.6 is 11.3 Å². The number of pyridine rings is 1. The molecule has 1 aliphatic carbocycles. The Bertz CT molecular complexity index is 1380. The smallest absolute Gasteiger partial charge is 0.266 e. The number of aromatic nitrogens is 4. The highest BCUT2D eigenvalue weighted by atomic mass is 32.1. The number of benzene rings is 1. The molecule has 2 fully saturated rings. The minimum Gasteiger partial charge on any atom is -0.419 e. The van der Waals surface area contributed by atoms with Gasteiger partial charge in [-0.25, -0.2) is 9.97 Å². The fourth-order valence-corrected chi connectivity index (χ4v) is 5.87. The summed E-state index contributed by atoms with van der Waals surface area (Å²) in [5, 5.41) is 11.7. The molecule has 1 saturated carbocycles. The van der Waals surface area contributed by atoms with Gasteiger partial charge in [0.05, 0.1) is 6.04 Å². The summed E-state index contributed by atoms with van der Waals surface area (Å²) in [6.45, 7) is 4.82. The minimum absolute atomic E-state index is 0.0214. The molecule has 184 valence electrons. The van der Waals surface area contributed by atoms with E-state index in [1.165, 1.54) is 5.56 Å². The van der Waals surface area contributed by atoms with Gasteiger partial charge in [0.25, 0.3) is 11.8 Å². The zero-order chi connectivity index (χ0) is 24.6. The van der Waals surface area contributed by atoms with E-state index in [0.29, 0.717) is 29.0 Å². The highest BCUT2D eigenvalue weighted by Crippen LogP contribution is 2.41. The fourth-order valence-electron chi connectivity index (χ4n) is 4.92. The molecule has 0 N–H and O–H groups in total. The molecule has 7 nitrogen and oxygen atoms in total. The minimum atomic E-state index is 0.0214. The molecule has 2 atom stereocenters. The molecular formula is C28H29N5O2S. The maximum absolute atomic E-state index is 13.7. The molecule has 4 aromatic rings. The third kappa shape index (κ3) is 4.69. The number of nitrogens with zero attached hydrogens (tertiary/aromatic N) is 5. The number of rotatable bonds is 7. The molecule has 3 aromatic heterocycles. The van der Waals surface area contributed by atoms with Crippen LogP contribution in [0.25, 0.3) is 11.6 Å². The van der Waals surface area contributed by atoms with E-state index in [-0.39, 0.29) is 17.9 Å². The van der Waals surface area contributed by atoms with E-state index >= 15 is 0 Å². The Labute approximate surface area is 214 Å². The van der Waals surface area contributed by atoms with Crippen molar-refractivity contribution < 1.29 is 9.21 Å². The number of hydrogen-bond donors (Lipinski definition) is 0. The Morgan fingerprint density at radius 1 is 1.14 bits per heavy atom. The van der Waals surface area contributed by atoms with Gasteiger partial charge in [-0.2, -0.15) is 0 Å². The molecule has 1 amide bonds. The van der Waals surface area contributed by atoms with Crippen LogP contribution in [0.5, 0.6) is 0 Å². The van der Waals surface area contributed by atoms with Crippen molar-refractivity contribution >= 4 is 17.2 Å². The number of hydrogen-bond acceptors (Lipinski definition) is 7. The van der Waals surface area contributed by atoms with Crippen molar-refractivity contribution in [1.82, 2.24) is 25.1 Å². The first-order valence-corrected chi connectivity index (χ1v) is 13.6. The van der Waals surface area contributed by atoms with Crippen molar-refractivity contribution in [3.8, 4) is 11.6 Å². The van der Waals surface area contributed by atoms with Crippen LogP contribution in [0.1, 0.15) is 88.7 Å². The van der Waals surface area contributed by atoms with Gasteiger partial charge in [-0.3, -0.25) is 4.79 Å². The third-order valence-electron chi connectivity index (χ3n) is 6.99. The van der Waals surface area contributed by atoms with Gasteiger partial charge in [-0.05, 0) is 56.7 Å². The predicted octanol–water partition coefficient (Wildman–Crippen LogP) is 6.10. The van der Waals surface area contributed by atoms with Gasteiger partial charge in [-0.1, -0.05) is 37.3 Å². The molecule has 2 aliphatic rings. The molecular weight excluding hydrogens is 470 g/mol. The summed E-state index contributed by atoms with van der Waals surface area (Å²) >= 11 is 1.64. The zero-order valence-corrected chi connectivity index (χ0v) is 21.4. The first kappa shape index (κ1) is 23.0. The van der Waals surface area contributed by atoms with E-state index in [4.69, 9.17) is 9.40 Å². The average molecular weight is 500 g/mol. The second-order valence-corrected chi connectivity index (χ2v) is 10.8. The Morgan fingerprint density at radius 2 is 1.97 bits per heavy atom. The van der Waals surface area contributed by atoms with E-state index in [1.807, 2.05) is 42.2 Å². The van der Waals surface area contributed by atoms with E-state index < -0.39 is 0 Å². The van der Waals surface area contributed by atoms with Gasteiger partial charge in [0, 0.05) is 40.7 Å². The molecule has 1 aromatic carbocycles. The van der Waals surface area contributed by atoms with Crippen molar-refractivity contribution in [2.45, 2.75) is 63.8 Å². The Kier molecular flexibility index (Phi) is 6.13. The monoisotopic (exact) mass is 499 g/mol. The molecule has 8 heteroatoms. The van der Waals surface area contributed by atoms with E-state index in [2.05, 4.69) is 39.6 Å². The third-order valence-corrected chi connectivity index (χ3v) is 8.05. The van der Waals surface area contributed by atoms with Crippen LogP contribution < -0.4 is 0 Å². The highest BCUT2D eigenvalue weighted by molar-refractivity contribution is 7.09. The van der Waals surface area contributed by atoms with Crippen molar-refractivity contribution in [2.24, 2.45) is 0 Å². The molecule has 0 bridgehead atoms. The van der Waals surface area contributed by atoms with Crippen molar-refractivity contribution in [1.29, 1.82) is 0 Å². The summed E-state index contributed by atoms with van der Waals surface area (Å²) in [7, 11) is 0. The van der Waals surface area contributed by atoms with Gasteiger partial charge in [0.15, 0.2) is 0 Å². The van der Waals surface area contributed by atoms with Crippen molar-refractivity contribution in [3.63, 3.8) is 0 Å². The number of amides is 1.